The summed E-state index contributed by atoms with van der Waals surface area (Å²) >= 11 is 3.26. The van der Waals surface area contributed by atoms with Crippen LogP contribution in [0.3, 0.4) is 0 Å². The first-order valence-corrected chi connectivity index (χ1v) is 6.67. The summed E-state index contributed by atoms with van der Waals surface area (Å²) in [4.78, 5) is 12.3. The van der Waals surface area contributed by atoms with E-state index in [0.717, 1.165) is 6.07 Å². The number of hydrogen-bond donors (Lipinski definition) is 0. The van der Waals surface area contributed by atoms with Gasteiger partial charge in [-0.2, -0.15) is 13.2 Å². The van der Waals surface area contributed by atoms with E-state index in [1.165, 1.54) is 6.07 Å². The van der Waals surface area contributed by atoms with Crippen LogP contribution in [0.25, 0.3) is 0 Å². The molecule has 0 atom stereocenters. The summed E-state index contributed by atoms with van der Waals surface area (Å²) in [7, 11) is 0. The van der Waals surface area contributed by atoms with Crippen LogP contribution in [-0.2, 0) is 6.18 Å². The van der Waals surface area contributed by atoms with Crippen LogP contribution in [0.2, 0.25) is 0 Å². The summed E-state index contributed by atoms with van der Waals surface area (Å²) in [6.45, 7) is 1.69. The zero-order valence-corrected chi connectivity index (χ0v) is 12.3. The maximum absolute atomic E-state index is 13.5. The van der Waals surface area contributed by atoms with Crippen molar-refractivity contribution < 1.29 is 22.4 Å². The summed E-state index contributed by atoms with van der Waals surface area (Å²) in [6.07, 6.45) is -4.78. The molecule has 0 amide bonds. The van der Waals surface area contributed by atoms with Crippen LogP contribution in [0.1, 0.15) is 27.0 Å². The molecule has 0 aliphatic heterocycles. The standard InChI is InChI=1S/C15H9BrF4O/c1-8-10(3-2-4-12(8)16)14(21)9-5-6-11(13(17)7-9)15(18,19)20/h2-7H,1H3. The normalized spacial score (nSPS) is 11.5. The van der Waals surface area contributed by atoms with Gasteiger partial charge in [-0.25, -0.2) is 4.39 Å². The molecule has 6 heteroatoms. The highest BCUT2D eigenvalue weighted by Crippen LogP contribution is 2.32. The Morgan fingerprint density at radius 1 is 1.14 bits per heavy atom. The Bertz CT molecular complexity index is 707. The van der Waals surface area contributed by atoms with E-state index in [4.69, 9.17) is 0 Å². The molecule has 0 aliphatic carbocycles. The van der Waals surface area contributed by atoms with E-state index in [9.17, 15) is 22.4 Å². The number of halogens is 5. The fourth-order valence-corrected chi connectivity index (χ4v) is 2.26. The van der Waals surface area contributed by atoms with E-state index in [-0.39, 0.29) is 5.56 Å². The highest BCUT2D eigenvalue weighted by atomic mass is 79.9. The average Bonchev–Trinajstić information content (AvgIpc) is 2.39. The molecule has 0 spiro atoms. The molecule has 0 radical (unpaired) electrons. The first kappa shape index (κ1) is 15.7. The number of alkyl halides is 3. The van der Waals surface area contributed by atoms with Gasteiger partial charge in [0.2, 0.25) is 0 Å². The van der Waals surface area contributed by atoms with Crippen LogP contribution in [0, 0.1) is 12.7 Å². The third-order valence-electron chi connectivity index (χ3n) is 3.05. The predicted molar refractivity (Wildman–Crippen MR) is 73.7 cm³/mol. The molecule has 0 aromatic heterocycles. The molecule has 0 heterocycles. The Labute approximate surface area is 126 Å². The van der Waals surface area contributed by atoms with Crippen LogP contribution in [-0.4, -0.2) is 5.78 Å². The number of carbonyl (C=O) groups is 1. The summed E-state index contributed by atoms with van der Waals surface area (Å²) in [5, 5.41) is 0. The zero-order chi connectivity index (χ0) is 15.8. The molecular weight excluding hydrogens is 352 g/mol. The van der Waals surface area contributed by atoms with Crippen molar-refractivity contribution in [3.8, 4) is 0 Å². The van der Waals surface area contributed by atoms with Gasteiger partial charge in [-0.05, 0) is 30.7 Å². The molecule has 2 aromatic carbocycles. The Morgan fingerprint density at radius 2 is 1.81 bits per heavy atom. The number of carbonyl (C=O) groups excluding carboxylic acids is 1. The quantitative estimate of drug-likeness (QED) is 0.534. The largest absolute Gasteiger partial charge is 0.419 e. The first-order valence-electron chi connectivity index (χ1n) is 5.88. The van der Waals surface area contributed by atoms with E-state index in [1.807, 2.05) is 0 Å². The van der Waals surface area contributed by atoms with Crippen molar-refractivity contribution in [1.82, 2.24) is 0 Å². The fourth-order valence-electron chi connectivity index (χ4n) is 1.90. The lowest BCUT2D eigenvalue weighted by atomic mass is 9.98. The predicted octanol–water partition coefficient (Wildman–Crippen LogP) is 5.15. The SMILES string of the molecule is Cc1c(Br)cccc1C(=O)c1ccc(C(F)(F)F)c(F)c1. The molecule has 0 aliphatic rings. The zero-order valence-electron chi connectivity index (χ0n) is 10.8. The average molecular weight is 361 g/mol. The lowest BCUT2D eigenvalue weighted by molar-refractivity contribution is -0.140. The van der Waals surface area contributed by atoms with Crippen molar-refractivity contribution in [3.05, 3.63) is 68.9 Å². The van der Waals surface area contributed by atoms with Gasteiger partial charge in [0.25, 0.3) is 0 Å². The summed E-state index contributed by atoms with van der Waals surface area (Å²) < 4.78 is 51.7. The van der Waals surface area contributed by atoms with E-state index in [1.54, 1.807) is 19.1 Å². The second-order valence-electron chi connectivity index (χ2n) is 4.43. The Balaban J connectivity index is 2.46. The second kappa shape index (κ2) is 5.60. The van der Waals surface area contributed by atoms with Crippen molar-refractivity contribution in [3.63, 3.8) is 0 Å². The monoisotopic (exact) mass is 360 g/mol. The van der Waals surface area contributed by atoms with Crippen LogP contribution in [0.4, 0.5) is 17.6 Å². The summed E-state index contributed by atoms with van der Waals surface area (Å²) in [5.74, 6) is -1.98. The third-order valence-corrected chi connectivity index (χ3v) is 3.91. The molecule has 110 valence electrons. The molecule has 0 unspecified atom stereocenters. The molecule has 1 nitrogen and oxygen atoms in total. The molecule has 0 N–H and O–H groups in total. The Kier molecular flexibility index (Phi) is 4.18. The second-order valence-corrected chi connectivity index (χ2v) is 5.29. The minimum Gasteiger partial charge on any atom is -0.289 e. The number of rotatable bonds is 2. The van der Waals surface area contributed by atoms with Gasteiger partial charge in [0.15, 0.2) is 5.78 Å². The summed E-state index contributed by atoms with van der Waals surface area (Å²) in [5.41, 5.74) is -0.557. The van der Waals surface area contributed by atoms with Crippen LogP contribution in [0.5, 0.6) is 0 Å². The van der Waals surface area contributed by atoms with Crippen LogP contribution in [0.15, 0.2) is 40.9 Å². The molecule has 0 bridgehead atoms. The van der Waals surface area contributed by atoms with E-state index < -0.39 is 23.3 Å². The van der Waals surface area contributed by atoms with Crippen molar-refractivity contribution in [2.75, 3.05) is 0 Å². The third kappa shape index (κ3) is 3.15. The van der Waals surface area contributed by atoms with Crippen molar-refractivity contribution in [1.29, 1.82) is 0 Å². The highest BCUT2D eigenvalue weighted by molar-refractivity contribution is 9.10. The lowest BCUT2D eigenvalue weighted by Crippen LogP contribution is -2.10. The fraction of sp³-hybridized carbons (Fsp3) is 0.133. The lowest BCUT2D eigenvalue weighted by Gasteiger charge is -2.10. The number of hydrogen-bond acceptors (Lipinski definition) is 1. The minimum atomic E-state index is -4.78. The van der Waals surface area contributed by atoms with E-state index in [2.05, 4.69) is 15.9 Å². The van der Waals surface area contributed by atoms with Gasteiger partial charge in [0.1, 0.15) is 5.82 Å². The topological polar surface area (TPSA) is 17.1 Å². The van der Waals surface area contributed by atoms with Gasteiger partial charge in [-0.15, -0.1) is 0 Å². The van der Waals surface area contributed by atoms with Gasteiger partial charge >= 0.3 is 6.18 Å². The van der Waals surface area contributed by atoms with Crippen molar-refractivity contribution in [2.45, 2.75) is 13.1 Å². The van der Waals surface area contributed by atoms with Crippen LogP contribution < -0.4 is 0 Å². The first-order chi connectivity index (χ1) is 9.71. The molecule has 21 heavy (non-hydrogen) atoms. The molecule has 0 saturated carbocycles. The Hall–Kier alpha value is -1.69. The van der Waals surface area contributed by atoms with E-state index >= 15 is 0 Å². The summed E-state index contributed by atoms with van der Waals surface area (Å²) in [6, 6.07) is 7.08. The van der Waals surface area contributed by atoms with Crippen molar-refractivity contribution in [2.24, 2.45) is 0 Å². The van der Waals surface area contributed by atoms with Gasteiger partial charge in [-0.3, -0.25) is 4.79 Å². The minimum absolute atomic E-state index is 0.123. The molecule has 0 saturated heterocycles. The molecule has 2 aromatic rings. The maximum Gasteiger partial charge on any atom is 0.419 e. The highest BCUT2D eigenvalue weighted by Gasteiger charge is 2.34. The molecule has 0 fully saturated rings. The van der Waals surface area contributed by atoms with E-state index in [0.29, 0.717) is 27.7 Å². The number of benzene rings is 2. The molecular formula is C15H9BrF4O. The molecule has 2 rings (SSSR count). The Morgan fingerprint density at radius 3 is 2.38 bits per heavy atom. The van der Waals surface area contributed by atoms with Gasteiger partial charge in [0.05, 0.1) is 5.56 Å². The maximum atomic E-state index is 13.5. The van der Waals surface area contributed by atoms with Gasteiger partial charge < -0.3 is 0 Å². The van der Waals surface area contributed by atoms with Crippen molar-refractivity contribution >= 4 is 21.7 Å². The number of ketones is 1. The van der Waals surface area contributed by atoms with Crippen LogP contribution >= 0.6 is 15.9 Å². The van der Waals surface area contributed by atoms with Gasteiger partial charge in [0, 0.05) is 15.6 Å². The van der Waals surface area contributed by atoms with Gasteiger partial charge in [-0.1, -0.05) is 34.1 Å². The smallest absolute Gasteiger partial charge is 0.289 e.